The first-order chi connectivity index (χ1) is 9.72. The third kappa shape index (κ3) is 15.0. The highest BCUT2D eigenvalue weighted by Crippen LogP contribution is 2.10. The smallest absolute Gasteiger partial charge is 0.0260 e. The Bertz CT molecular complexity index is 279. The van der Waals surface area contributed by atoms with E-state index in [9.17, 15) is 0 Å². The summed E-state index contributed by atoms with van der Waals surface area (Å²) in [6.07, 6.45) is 6.94. The van der Waals surface area contributed by atoms with E-state index in [1.54, 1.807) is 0 Å². The quantitative estimate of drug-likeness (QED) is 0.534. The molecule has 0 heteroatoms. The standard InChI is InChI=1S/C14H20.3C2H6/c1-4-12(2)6-5-7-14-10-8-13(3)9-11-14;3*1-2/h5,7-12H,4,6H2,1-3H3;3*1-2H3/b7-5+;;;. The molecule has 0 saturated heterocycles. The zero-order valence-electron chi connectivity index (χ0n) is 15.5. The molecule has 0 bridgehead atoms. The lowest BCUT2D eigenvalue weighted by Gasteiger charge is -2.02. The van der Waals surface area contributed by atoms with Crippen molar-refractivity contribution in [2.24, 2.45) is 5.92 Å². The van der Waals surface area contributed by atoms with Crippen LogP contribution in [-0.2, 0) is 0 Å². The number of hydrogen-bond donors (Lipinski definition) is 0. The molecule has 0 spiro atoms. The molecule has 1 unspecified atom stereocenters. The van der Waals surface area contributed by atoms with Gasteiger partial charge in [0, 0.05) is 0 Å². The van der Waals surface area contributed by atoms with Crippen LogP contribution in [0.5, 0.6) is 0 Å². The first-order valence-corrected chi connectivity index (χ1v) is 8.45. The predicted molar refractivity (Wildman–Crippen MR) is 98.3 cm³/mol. The molecule has 0 aliphatic carbocycles. The van der Waals surface area contributed by atoms with Crippen molar-refractivity contribution in [1.29, 1.82) is 0 Å². The van der Waals surface area contributed by atoms with E-state index in [1.807, 2.05) is 41.5 Å². The Labute approximate surface area is 129 Å². The van der Waals surface area contributed by atoms with Crippen molar-refractivity contribution in [3.05, 3.63) is 41.5 Å². The monoisotopic (exact) mass is 278 g/mol. The minimum Gasteiger partial charge on any atom is -0.0837 e. The fourth-order valence-electron chi connectivity index (χ4n) is 1.28. The van der Waals surface area contributed by atoms with Crippen LogP contribution < -0.4 is 0 Å². The molecule has 1 atom stereocenters. The minimum atomic E-state index is 0.802. The zero-order valence-corrected chi connectivity index (χ0v) is 15.5. The van der Waals surface area contributed by atoms with E-state index in [0.29, 0.717) is 0 Å². The van der Waals surface area contributed by atoms with Gasteiger partial charge in [0.1, 0.15) is 0 Å². The fourth-order valence-corrected chi connectivity index (χ4v) is 1.28. The van der Waals surface area contributed by atoms with Crippen LogP contribution in [0.2, 0.25) is 0 Å². The molecule has 0 aliphatic rings. The van der Waals surface area contributed by atoms with Gasteiger partial charge in [-0.25, -0.2) is 0 Å². The van der Waals surface area contributed by atoms with Gasteiger partial charge >= 0.3 is 0 Å². The summed E-state index contributed by atoms with van der Waals surface area (Å²) in [6, 6.07) is 8.65. The van der Waals surface area contributed by atoms with Crippen molar-refractivity contribution in [3.8, 4) is 0 Å². The van der Waals surface area contributed by atoms with Crippen LogP contribution in [0.25, 0.3) is 6.08 Å². The molecule has 1 aromatic rings. The summed E-state index contributed by atoms with van der Waals surface area (Å²) >= 11 is 0. The Kier molecular flexibility index (Phi) is 24.3. The van der Waals surface area contributed by atoms with Gasteiger partial charge in [-0.3, -0.25) is 0 Å². The molecule has 0 aliphatic heterocycles. The van der Waals surface area contributed by atoms with E-state index in [1.165, 1.54) is 24.0 Å². The molecule has 0 heterocycles. The van der Waals surface area contributed by atoms with E-state index in [-0.39, 0.29) is 0 Å². The topological polar surface area (TPSA) is 0 Å². The summed E-state index contributed by atoms with van der Waals surface area (Å²) in [6.45, 7) is 18.6. The number of allylic oxidation sites excluding steroid dienone is 1. The van der Waals surface area contributed by atoms with Crippen molar-refractivity contribution in [1.82, 2.24) is 0 Å². The van der Waals surface area contributed by atoms with Gasteiger partial charge < -0.3 is 0 Å². The minimum absolute atomic E-state index is 0.802. The SMILES string of the molecule is CC.CC.CC.CCC(C)C/C=C/c1ccc(C)cc1. The Morgan fingerprint density at radius 3 is 1.75 bits per heavy atom. The summed E-state index contributed by atoms with van der Waals surface area (Å²) in [7, 11) is 0. The molecular weight excluding hydrogens is 240 g/mol. The summed E-state index contributed by atoms with van der Waals surface area (Å²) < 4.78 is 0. The second kappa shape index (κ2) is 20.3. The highest BCUT2D eigenvalue weighted by molar-refractivity contribution is 5.49. The Hall–Kier alpha value is -1.04. The second-order valence-corrected chi connectivity index (χ2v) is 4.06. The maximum Gasteiger partial charge on any atom is -0.0260 e. The van der Waals surface area contributed by atoms with Crippen LogP contribution in [-0.4, -0.2) is 0 Å². The van der Waals surface area contributed by atoms with E-state index in [0.717, 1.165) is 5.92 Å². The van der Waals surface area contributed by atoms with Gasteiger partial charge in [-0.05, 0) is 24.8 Å². The third-order valence-electron chi connectivity index (χ3n) is 2.62. The summed E-state index contributed by atoms with van der Waals surface area (Å²) in [5.74, 6) is 0.802. The summed E-state index contributed by atoms with van der Waals surface area (Å²) in [4.78, 5) is 0. The fraction of sp³-hybridized carbons (Fsp3) is 0.600. The van der Waals surface area contributed by atoms with Crippen molar-refractivity contribution >= 4 is 6.08 Å². The van der Waals surface area contributed by atoms with Crippen molar-refractivity contribution in [3.63, 3.8) is 0 Å². The second-order valence-electron chi connectivity index (χ2n) is 4.06. The maximum absolute atomic E-state index is 2.29. The summed E-state index contributed by atoms with van der Waals surface area (Å²) in [5.41, 5.74) is 2.63. The predicted octanol–water partition coefficient (Wildman–Crippen LogP) is 7.52. The van der Waals surface area contributed by atoms with Crippen molar-refractivity contribution in [2.75, 3.05) is 0 Å². The van der Waals surface area contributed by atoms with E-state index < -0.39 is 0 Å². The third-order valence-corrected chi connectivity index (χ3v) is 2.62. The molecule has 1 aromatic carbocycles. The average Bonchev–Trinajstić information content (AvgIpc) is 2.55. The largest absolute Gasteiger partial charge is 0.0837 e. The molecule has 0 radical (unpaired) electrons. The number of rotatable bonds is 4. The van der Waals surface area contributed by atoms with Gasteiger partial charge in [0.05, 0.1) is 0 Å². The average molecular weight is 279 g/mol. The number of aryl methyl sites for hydroxylation is 1. The first kappa shape index (κ1) is 24.0. The molecule has 20 heavy (non-hydrogen) atoms. The molecular formula is C20H38. The zero-order chi connectivity index (χ0) is 16.4. The molecule has 0 N–H and O–H groups in total. The highest BCUT2D eigenvalue weighted by atomic mass is 14.0. The molecule has 0 saturated carbocycles. The highest BCUT2D eigenvalue weighted by Gasteiger charge is 1.93. The first-order valence-electron chi connectivity index (χ1n) is 8.45. The number of benzene rings is 1. The van der Waals surface area contributed by atoms with Gasteiger partial charge in [0.25, 0.3) is 0 Å². The van der Waals surface area contributed by atoms with Crippen LogP contribution in [0.3, 0.4) is 0 Å². The normalized spacial score (nSPS) is 10.2. The molecule has 0 fully saturated rings. The van der Waals surface area contributed by atoms with Gasteiger partial charge in [0.2, 0.25) is 0 Å². The van der Waals surface area contributed by atoms with Gasteiger partial charge in [-0.1, -0.05) is 104 Å². The number of hydrogen-bond acceptors (Lipinski definition) is 0. The van der Waals surface area contributed by atoms with Gasteiger partial charge in [0.15, 0.2) is 0 Å². The molecule has 118 valence electrons. The van der Waals surface area contributed by atoms with Crippen LogP contribution in [0.1, 0.15) is 79.4 Å². The van der Waals surface area contributed by atoms with E-state index in [4.69, 9.17) is 0 Å². The Morgan fingerprint density at radius 1 is 0.900 bits per heavy atom. The van der Waals surface area contributed by atoms with Crippen LogP contribution in [0, 0.1) is 12.8 Å². The van der Waals surface area contributed by atoms with E-state index in [2.05, 4.69) is 57.2 Å². The molecule has 0 amide bonds. The van der Waals surface area contributed by atoms with Crippen LogP contribution in [0.15, 0.2) is 30.3 Å². The van der Waals surface area contributed by atoms with Crippen molar-refractivity contribution < 1.29 is 0 Å². The lowest BCUT2D eigenvalue weighted by Crippen LogP contribution is -1.87. The van der Waals surface area contributed by atoms with Crippen LogP contribution in [0.4, 0.5) is 0 Å². The molecule has 0 nitrogen and oxygen atoms in total. The van der Waals surface area contributed by atoms with Crippen molar-refractivity contribution in [2.45, 2.75) is 75.2 Å². The summed E-state index contributed by atoms with van der Waals surface area (Å²) in [5, 5.41) is 0. The lowest BCUT2D eigenvalue weighted by molar-refractivity contribution is 0.573. The molecule has 0 aromatic heterocycles. The van der Waals surface area contributed by atoms with E-state index >= 15 is 0 Å². The lowest BCUT2D eigenvalue weighted by atomic mass is 10.0. The Balaban J connectivity index is -0.000000425. The van der Waals surface area contributed by atoms with Gasteiger partial charge in [-0.2, -0.15) is 0 Å². The molecule has 1 rings (SSSR count). The maximum atomic E-state index is 2.29. The van der Waals surface area contributed by atoms with Gasteiger partial charge in [-0.15, -0.1) is 0 Å². The Morgan fingerprint density at radius 2 is 1.35 bits per heavy atom. The van der Waals surface area contributed by atoms with Crippen LogP contribution >= 0.6 is 0 Å².